The maximum Gasteiger partial charge on any atom is 0.326 e. The number of hydrogen-bond acceptors (Lipinski definition) is 4. The van der Waals surface area contributed by atoms with E-state index in [1.54, 1.807) is 42.3 Å². The summed E-state index contributed by atoms with van der Waals surface area (Å²) in [6.45, 7) is 1.69. The first-order valence-electron chi connectivity index (χ1n) is 6.10. The van der Waals surface area contributed by atoms with Crippen molar-refractivity contribution in [3.63, 3.8) is 0 Å². The molecule has 7 nitrogen and oxygen atoms in total. The lowest BCUT2D eigenvalue weighted by atomic mass is 10.2. The second kappa shape index (κ2) is 5.96. The molecule has 0 radical (unpaired) electrons. The molecule has 0 aliphatic rings. The first-order chi connectivity index (χ1) is 9.61. The Balaban J connectivity index is 2.10. The van der Waals surface area contributed by atoms with Crippen molar-refractivity contribution in [1.82, 2.24) is 19.9 Å². The highest BCUT2D eigenvalue weighted by molar-refractivity contribution is 5.96. The zero-order valence-corrected chi connectivity index (χ0v) is 10.9. The molecule has 0 saturated carbocycles. The van der Waals surface area contributed by atoms with Crippen LogP contribution in [-0.2, 0) is 4.79 Å². The minimum absolute atomic E-state index is 0.313. The number of carbonyl (C=O) groups excluding carboxylic acids is 1. The zero-order chi connectivity index (χ0) is 14.5. The van der Waals surface area contributed by atoms with Crippen molar-refractivity contribution in [3.05, 3.63) is 42.6 Å². The molecule has 2 aromatic rings. The third-order valence-electron chi connectivity index (χ3n) is 2.79. The Morgan fingerprint density at radius 1 is 1.45 bits per heavy atom. The summed E-state index contributed by atoms with van der Waals surface area (Å²) in [6, 6.07) is 2.36. The Labute approximate surface area is 115 Å². The summed E-state index contributed by atoms with van der Waals surface area (Å²) in [4.78, 5) is 30.8. The van der Waals surface area contributed by atoms with Crippen LogP contribution in [0.5, 0.6) is 0 Å². The van der Waals surface area contributed by atoms with Gasteiger partial charge in [-0.25, -0.2) is 14.8 Å². The van der Waals surface area contributed by atoms with Gasteiger partial charge in [0, 0.05) is 18.6 Å². The molecule has 0 spiro atoms. The van der Waals surface area contributed by atoms with Crippen LogP contribution < -0.4 is 5.32 Å². The Bertz CT molecular complexity index is 593. The highest BCUT2D eigenvalue weighted by Crippen LogP contribution is 2.06. The lowest BCUT2D eigenvalue weighted by Crippen LogP contribution is -2.40. The standard InChI is InChI=1S/C13H14N4O3/c1-2-10(13(19)20)16-12(18)9-3-4-11(15-7-9)17-6-5-14-8-17/h3-8,10H,2H2,1H3,(H,16,18)(H,19,20)/t10-/m1/s1. The van der Waals surface area contributed by atoms with Crippen LogP contribution in [0.4, 0.5) is 0 Å². The van der Waals surface area contributed by atoms with Gasteiger partial charge in [-0.2, -0.15) is 0 Å². The van der Waals surface area contributed by atoms with Gasteiger partial charge in [0.15, 0.2) is 0 Å². The average molecular weight is 274 g/mol. The minimum Gasteiger partial charge on any atom is -0.480 e. The summed E-state index contributed by atoms with van der Waals surface area (Å²) in [5, 5.41) is 11.3. The van der Waals surface area contributed by atoms with E-state index in [2.05, 4.69) is 15.3 Å². The molecule has 0 unspecified atom stereocenters. The molecule has 0 aliphatic heterocycles. The van der Waals surface area contributed by atoms with Crippen LogP contribution in [0.25, 0.3) is 5.82 Å². The third-order valence-corrected chi connectivity index (χ3v) is 2.79. The summed E-state index contributed by atoms with van der Waals surface area (Å²) in [5.74, 6) is -0.878. The van der Waals surface area contributed by atoms with Crippen LogP contribution in [0.2, 0.25) is 0 Å². The molecule has 0 saturated heterocycles. The van der Waals surface area contributed by atoms with Crippen molar-refractivity contribution in [2.75, 3.05) is 0 Å². The fourth-order valence-corrected chi connectivity index (χ4v) is 1.65. The first kappa shape index (κ1) is 13.7. The van der Waals surface area contributed by atoms with Crippen LogP contribution in [-0.4, -0.2) is 37.6 Å². The van der Waals surface area contributed by atoms with E-state index < -0.39 is 17.9 Å². The van der Waals surface area contributed by atoms with Crippen LogP contribution in [0.1, 0.15) is 23.7 Å². The van der Waals surface area contributed by atoms with Crippen LogP contribution in [0, 0.1) is 0 Å². The van der Waals surface area contributed by atoms with Gasteiger partial charge in [0.2, 0.25) is 0 Å². The predicted molar refractivity (Wildman–Crippen MR) is 70.5 cm³/mol. The van der Waals surface area contributed by atoms with Gasteiger partial charge in [-0.05, 0) is 18.6 Å². The summed E-state index contributed by atoms with van der Waals surface area (Å²) in [5.41, 5.74) is 0.313. The molecule has 0 aromatic carbocycles. The number of aromatic nitrogens is 3. The molecule has 0 aliphatic carbocycles. The van der Waals surface area contributed by atoms with Crippen LogP contribution in [0.15, 0.2) is 37.1 Å². The number of nitrogens with zero attached hydrogens (tertiary/aromatic N) is 3. The molecule has 1 atom stereocenters. The van der Waals surface area contributed by atoms with Gasteiger partial charge in [-0.15, -0.1) is 0 Å². The summed E-state index contributed by atoms with van der Waals surface area (Å²) in [6.07, 6.45) is 6.68. The Hall–Kier alpha value is -2.70. The molecule has 2 heterocycles. The van der Waals surface area contributed by atoms with Gasteiger partial charge in [0.1, 0.15) is 18.2 Å². The number of rotatable bonds is 5. The number of hydrogen-bond donors (Lipinski definition) is 2. The maximum atomic E-state index is 11.9. The molecule has 20 heavy (non-hydrogen) atoms. The maximum absolute atomic E-state index is 11.9. The van der Waals surface area contributed by atoms with E-state index in [1.807, 2.05) is 0 Å². The predicted octanol–water partition coefficient (Wildman–Crippen LogP) is 0.860. The van der Waals surface area contributed by atoms with Crippen molar-refractivity contribution in [2.45, 2.75) is 19.4 Å². The first-order valence-corrected chi connectivity index (χ1v) is 6.10. The fraction of sp³-hybridized carbons (Fsp3) is 0.231. The topological polar surface area (TPSA) is 97.1 Å². The molecule has 2 rings (SSSR count). The second-order valence-corrected chi connectivity index (χ2v) is 4.15. The summed E-state index contributed by atoms with van der Waals surface area (Å²) < 4.78 is 1.70. The van der Waals surface area contributed by atoms with Gasteiger partial charge in [-0.1, -0.05) is 6.92 Å². The molecular weight excluding hydrogens is 260 g/mol. The van der Waals surface area contributed by atoms with Crippen LogP contribution >= 0.6 is 0 Å². The fourth-order valence-electron chi connectivity index (χ4n) is 1.65. The lowest BCUT2D eigenvalue weighted by molar-refractivity contribution is -0.139. The molecule has 2 N–H and O–H groups in total. The Morgan fingerprint density at radius 3 is 2.75 bits per heavy atom. The molecule has 0 bridgehead atoms. The number of aliphatic carboxylic acids is 1. The Kier molecular flexibility index (Phi) is 4.09. The number of carboxylic acids is 1. The van der Waals surface area contributed by atoms with E-state index in [0.717, 1.165) is 0 Å². The van der Waals surface area contributed by atoms with Gasteiger partial charge in [-0.3, -0.25) is 9.36 Å². The molecule has 1 amide bonds. The number of carbonyl (C=O) groups is 2. The van der Waals surface area contributed by atoms with Gasteiger partial charge < -0.3 is 10.4 Å². The van der Waals surface area contributed by atoms with E-state index in [1.165, 1.54) is 6.20 Å². The van der Waals surface area contributed by atoms with E-state index in [9.17, 15) is 9.59 Å². The van der Waals surface area contributed by atoms with E-state index in [0.29, 0.717) is 17.8 Å². The molecular formula is C13H14N4O3. The highest BCUT2D eigenvalue weighted by atomic mass is 16.4. The molecule has 0 fully saturated rings. The van der Waals surface area contributed by atoms with E-state index >= 15 is 0 Å². The minimum atomic E-state index is -1.05. The number of pyridine rings is 1. The molecule has 2 aromatic heterocycles. The van der Waals surface area contributed by atoms with Gasteiger partial charge in [0.05, 0.1) is 5.56 Å². The van der Waals surface area contributed by atoms with E-state index in [-0.39, 0.29) is 0 Å². The molecule has 7 heteroatoms. The third kappa shape index (κ3) is 3.00. The van der Waals surface area contributed by atoms with Gasteiger partial charge >= 0.3 is 5.97 Å². The zero-order valence-electron chi connectivity index (χ0n) is 10.9. The quantitative estimate of drug-likeness (QED) is 0.842. The number of nitrogens with one attached hydrogen (secondary N) is 1. The average Bonchev–Trinajstić information content (AvgIpc) is 2.98. The number of imidazole rings is 1. The van der Waals surface area contributed by atoms with Crippen molar-refractivity contribution in [1.29, 1.82) is 0 Å². The summed E-state index contributed by atoms with van der Waals surface area (Å²) in [7, 11) is 0. The smallest absolute Gasteiger partial charge is 0.326 e. The largest absolute Gasteiger partial charge is 0.480 e. The lowest BCUT2D eigenvalue weighted by Gasteiger charge is -2.12. The highest BCUT2D eigenvalue weighted by Gasteiger charge is 2.18. The van der Waals surface area contributed by atoms with Crippen molar-refractivity contribution < 1.29 is 14.7 Å². The van der Waals surface area contributed by atoms with Crippen molar-refractivity contribution in [3.8, 4) is 5.82 Å². The van der Waals surface area contributed by atoms with E-state index in [4.69, 9.17) is 5.11 Å². The number of amides is 1. The second-order valence-electron chi connectivity index (χ2n) is 4.15. The normalized spacial score (nSPS) is 11.8. The monoisotopic (exact) mass is 274 g/mol. The van der Waals surface area contributed by atoms with Crippen molar-refractivity contribution >= 4 is 11.9 Å². The van der Waals surface area contributed by atoms with Crippen LogP contribution in [0.3, 0.4) is 0 Å². The van der Waals surface area contributed by atoms with Gasteiger partial charge in [0.25, 0.3) is 5.91 Å². The molecule has 104 valence electrons. The van der Waals surface area contributed by atoms with Crippen molar-refractivity contribution in [2.24, 2.45) is 0 Å². The Morgan fingerprint density at radius 2 is 2.25 bits per heavy atom. The SMILES string of the molecule is CC[C@@H](NC(=O)c1ccc(-n2ccnc2)nc1)C(=O)O. The number of carboxylic acid groups (broad SMARTS) is 1. The summed E-state index contributed by atoms with van der Waals surface area (Å²) >= 11 is 0.